The van der Waals surface area contributed by atoms with E-state index in [1.54, 1.807) is 12.1 Å². The molecule has 1 N–H and O–H groups in total. The summed E-state index contributed by atoms with van der Waals surface area (Å²) in [6.07, 6.45) is 1.98. The fourth-order valence-electron chi connectivity index (χ4n) is 2.07. The molecule has 0 unspecified atom stereocenters. The van der Waals surface area contributed by atoms with Crippen molar-refractivity contribution in [2.45, 2.75) is 6.92 Å². The van der Waals surface area contributed by atoms with Gasteiger partial charge in [-0.25, -0.2) is 4.98 Å². The molecule has 2 aromatic carbocycles. The van der Waals surface area contributed by atoms with Crippen LogP contribution in [0.25, 0.3) is 5.69 Å². The second-order valence-corrected chi connectivity index (χ2v) is 5.48. The van der Waals surface area contributed by atoms with Gasteiger partial charge in [0.1, 0.15) is 0 Å². The number of hydrogen-bond donors (Lipinski definition) is 1. The Hall–Kier alpha value is -1.97. The van der Waals surface area contributed by atoms with E-state index in [4.69, 9.17) is 23.2 Å². The Labute approximate surface area is 133 Å². The number of imidazole rings is 1. The van der Waals surface area contributed by atoms with Crippen LogP contribution in [0.4, 0.5) is 11.6 Å². The normalized spacial score (nSPS) is 10.6. The molecule has 1 aromatic heterocycles. The summed E-state index contributed by atoms with van der Waals surface area (Å²) < 4.78 is 2.00. The van der Waals surface area contributed by atoms with Crippen molar-refractivity contribution < 1.29 is 0 Å². The van der Waals surface area contributed by atoms with E-state index in [0.717, 1.165) is 23.0 Å². The number of aromatic nitrogens is 2. The van der Waals surface area contributed by atoms with Crippen LogP contribution in [0, 0.1) is 6.92 Å². The second-order valence-electron chi connectivity index (χ2n) is 4.67. The van der Waals surface area contributed by atoms with E-state index in [9.17, 15) is 0 Å². The van der Waals surface area contributed by atoms with Crippen molar-refractivity contribution in [3.8, 4) is 5.69 Å². The Balaban J connectivity index is 1.97. The number of rotatable bonds is 3. The molecule has 106 valence electrons. The Morgan fingerprint density at radius 1 is 1.00 bits per heavy atom. The van der Waals surface area contributed by atoms with E-state index in [2.05, 4.69) is 10.3 Å². The largest absolute Gasteiger partial charge is 0.325 e. The van der Waals surface area contributed by atoms with Gasteiger partial charge in [-0.15, -0.1) is 0 Å². The summed E-state index contributed by atoms with van der Waals surface area (Å²) in [5.41, 5.74) is 2.81. The molecular formula is C16H13Cl2N3. The van der Waals surface area contributed by atoms with Crippen molar-refractivity contribution in [2.24, 2.45) is 0 Å². The van der Waals surface area contributed by atoms with Crippen molar-refractivity contribution in [1.29, 1.82) is 0 Å². The first-order chi connectivity index (χ1) is 10.1. The molecule has 0 atom stereocenters. The number of halogens is 2. The standard InChI is InChI=1S/C16H13Cl2N3/c1-11-10-21(13-5-3-2-4-6-13)16(19-11)20-12-7-8-14(17)15(18)9-12/h2-10H,1H3,(H,19,20). The lowest BCUT2D eigenvalue weighted by Gasteiger charge is -2.10. The number of benzene rings is 2. The van der Waals surface area contributed by atoms with E-state index < -0.39 is 0 Å². The highest BCUT2D eigenvalue weighted by Crippen LogP contribution is 2.27. The van der Waals surface area contributed by atoms with E-state index in [1.807, 2.05) is 54.1 Å². The zero-order valence-electron chi connectivity index (χ0n) is 11.3. The van der Waals surface area contributed by atoms with Crippen molar-refractivity contribution in [2.75, 3.05) is 5.32 Å². The molecule has 3 rings (SSSR count). The van der Waals surface area contributed by atoms with E-state index in [-0.39, 0.29) is 0 Å². The zero-order valence-corrected chi connectivity index (χ0v) is 12.9. The minimum absolute atomic E-state index is 0.510. The van der Waals surface area contributed by atoms with Crippen molar-refractivity contribution in [3.05, 3.63) is 70.5 Å². The SMILES string of the molecule is Cc1cn(-c2ccccc2)c(Nc2ccc(Cl)c(Cl)c2)n1. The molecule has 0 fully saturated rings. The maximum atomic E-state index is 6.04. The number of anilines is 2. The van der Waals surface area contributed by atoms with Gasteiger partial charge >= 0.3 is 0 Å². The first-order valence-corrected chi connectivity index (χ1v) is 7.22. The molecule has 0 aliphatic heterocycles. The summed E-state index contributed by atoms with van der Waals surface area (Å²) in [5, 5.41) is 4.31. The molecule has 0 aliphatic carbocycles. The van der Waals surface area contributed by atoms with Crippen LogP contribution < -0.4 is 5.32 Å². The lowest BCUT2D eigenvalue weighted by Crippen LogP contribution is -2.00. The first-order valence-electron chi connectivity index (χ1n) is 6.47. The van der Waals surface area contributed by atoms with Crippen molar-refractivity contribution in [1.82, 2.24) is 9.55 Å². The lowest BCUT2D eigenvalue weighted by molar-refractivity contribution is 1.06. The van der Waals surface area contributed by atoms with Gasteiger partial charge in [-0.2, -0.15) is 0 Å². The van der Waals surface area contributed by atoms with Crippen LogP contribution in [0.5, 0.6) is 0 Å². The van der Waals surface area contributed by atoms with Crippen LogP contribution in [-0.2, 0) is 0 Å². The third-order valence-electron chi connectivity index (χ3n) is 3.04. The molecule has 0 saturated heterocycles. The Bertz CT molecular complexity index is 766. The minimum atomic E-state index is 0.510. The van der Waals surface area contributed by atoms with Gasteiger partial charge in [0, 0.05) is 17.6 Å². The third-order valence-corrected chi connectivity index (χ3v) is 3.78. The lowest BCUT2D eigenvalue weighted by atomic mass is 10.3. The third kappa shape index (κ3) is 3.04. The van der Waals surface area contributed by atoms with Gasteiger partial charge in [-0.3, -0.25) is 4.57 Å². The first kappa shape index (κ1) is 14.0. The quantitative estimate of drug-likeness (QED) is 0.716. The van der Waals surface area contributed by atoms with E-state index >= 15 is 0 Å². The molecule has 3 nitrogen and oxygen atoms in total. The van der Waals surface area contributed by atoms with Crippen LogP contribution in [0.1, 0.15) is 5.69 Å². The Kier molecular flexibility index (Phi) is 3.86. The van der Waals surface area contributed by atoms with Gasteiger partial charge in [-0.1, -0.05) is 41.4 Å². The smallest absolute Gasteiger partial charge is 0.212 e. The molecule has 0 saturated carbocycles. The minimum Gasteiger partial charge on any atom is -0.325 e. The summed E-state index contributed by atoms with van der Waals surface area (Å²) in [6, 6.07) is 15.4. The topological polar surface area (TPSA) is 29.9 Å². The Morgan fingerprint density at radius 2 is 1.76 bits per heavy atom. The van der Waals surface area contributed by atoms with Gasteiger partial charge < -0.3 is 5.32 Å². The molecule has 0 amide bonds. The summed E-state index contributed by atoms with van der Waals surface area (Å²) >= 11 is 12.0. The fourth-order valence-corrected chi connectivity index (χ4v) is 2.37. The van der Waals surface area contributed by atoms with Gasteiger partial charge in [0.05, 0.1) is 15.7 Å². The van der Waals surface area contributed by atoms with Crippen LogP contribution in [-0.4, -0.2) is 9.55 Å². The van der Waals surface area contributed by atoms with E-state index in [1.165, 1.54) is 0 Å². The van der Waals surface area contributed by atoms with Crippen molar-refractivity contribution >= 4 is 34.8 Å². The number of hydrogen-bond acceptors (Lipinski definition) is 2. The van der Waals surface area contributed by atoms with Gasteiger partial charge in [0.25, 0.3) is 0 Å². The summed E-state index contributed by atoms with van der Waals surface area (Å²) in [6.45, 7) is 1.96. The number of nitrogens with zero attached hydrogens (tertiary/aromatic N) is 2. The molecule has 0 aliphatic rings. The number of nitrogens with one attached hydrogen (secondary N) is 1. The van der Waals surface area contributed by atoms with Crippen LogP contribution in [0.3, 0.4) is 0 Å². The fraction of sp³-hybridized carbons (Fsp3) is 0.0625. The average molecular weight is 318 g/mol. The predicted molar refractivity (Wildman–Crippen MR) is 88.0 cm³/mol. The second kappa shape index (κ2) is 5.80. The zero-order chi connectivity index (χ0) is 14.8. The van der Waals surface area contributed by atoms with Crippen LogP contribution in [0.2, 0.25) is 10.0 Å². The molecule has 3 aromatic rings. The molecule has 0 bridgehead atoms. The highest BCUT2D eigenvalue weighted by molar-refractivity contribution is 6.42. The van der Waals surface area contributed by atoms with E-state index in [0.29, 0.717) is 10.0 Å². The monoisotopic (exact) mass is 317 g/mol. The van der Waals surface area contributed by atoms with Crippen molar-refractivity contribution in [3.63, 3.8) is 0 Å². The molecule has 5 heteroatoms. The molecule has 1 heterocycles. The summed E-state index contributed by atoms with van der Waals surface area (Å²) in [5.74, 6) is 0.733. The Morgan fingerprint density at radius 3 is 2.48 bits per heavy atom. The highest BCUT2D eigenvalue weighted by Gasteiger charge is 2.08. The molecular weight excluding hydrogens is 305 g/mol. The summed E-state index contributed by atoms with van der Waals surface area (Å²) in [7, 11) is 0. The number of aryl methyl sites for hydroxylation is 1. The molecule has 0 radical (unpaired) electrons. The summed E-state index contributed by atoms with van der Waals surface area (Å²) in [4.78, 5) is 4.51. The maximum absolute atomic E-state index is 6.04. The number of para-hydroxylation sites is 1. The highest BCUT2D eigenvalue weighted by atomic mass is 35.5. The predicted octanol–water partition coefficient (Wildman–Crippen LogP) is 5.23. The maximum Gasteiger partial charge on any atom is 0.212 e. The molecule has 0 spiro atoms. The van der Waals surface area contributed by atoms with Crippen LogP contribution >= 0.6 is 23.2 Å². The van der Waals surface area contributed by atoms with Gasteiger partial charge in [-0.05, 0) is 37.3 Å². The van der Waals surface area contributed by atoms with Crippen LogP contribution in [0.15, 0.2) is 54.7 Å². The van der Waals surface area contributed by atoms with Gasteiger partial charge in [0.2, 0.25) is 5.95 Å². The van der Waals surface area contributed by atoms with Gasteiger partial charge in [0.15, 0.2) is 0 Å². The average Bonchev–Trinajstić information content (AvgIpc) is 2.85. The molecule has 21 heavy (non-hydrogen) atoms.